The smallest absolute Gasteiger partial charge is 0.228 e. The molecule has 7 heteroatoms. The Balaban J connectivity index is 1.29. The highest BCUT2D eigenvalue weighted by molar-refractivity contribution is 5.77. The Morgan fingerprint density at radius 3 is 2.71 bits per heavy atom. The van der Waals surface area contributed by atoms with Gasteiger partial charge >= 0.3 is 0 Å². The minimum atomic E-state index is 0.160. The number of hydrogen-bond donors (Lipinski definition) is 1. The van der Waals surface area contributed by atoms with Gasteiger partial charge in [-0.1, -0.05) is 24.3 Å². The van der Waals surface area contributed by atoms with Gasteiger partial charge < -0.3 is 15.0 Å². The number of benzene rings is 1. The molecular weight excluding hydrogens is 390 g/mol. The summed E-state index contributed by atoms with van der Waals surface area (Å²) >= 11 is 0. The van der Waals surface area contributed by atoms with Gasteiger partial charge in [-0.3, -0.25) is 9.69 Å². The van der Waals surface area contributed by atoms with Gasteiger partial charge in [0.2, 0.25) is 17.7 Å². The Hall–Kier alpha value is -2.67. The predicted molar refractivity (Wildman–Crippen MR) is 119 cm³/mol. The zero-order valence-corrected chi connectivity index (χ0v) is 18.2. The highest BCUT2D eigenvalue weighted by atomic mass is 16.5. The average molecular weight is 422 g/mol. The Morgan fingerprint density at radius 2 is 1.94 bits per heavy atom. The second kappa shape index (κ2) is 8.83. The van der Waals surface area contributed by atoms with E-state index in [0.29, 0.717) is 24.4 Å². The van der Waals surface area contributed by atoms with E-state index in [-0.39, 0.29) is 11.9 Å². The van der Waals surface area contributed by atoms with Crippen molar-refractivity contribution in [3.05, 3.63) is 47.7 Å². The number of methoxy groups -OCH3 is 1. The number of aromatic nitrogens is 2. The zero-order chi connectivity index (χ0) is 21.2. The molecule has 2 fully saturated rings. The monoisotopic (exact) mass is 421 g/mol. The van der Waals surface area contributed by atoms with Crippen molar-refractivity contribution in [1.29, 1.82) is 0 Å². The molecule has 164 valence electrons. The van der Waals surface area contributed by atoms with Gasteiger partial charge in [-0.2, -0.15) is 4.98 Å². The topological polar surface area (TPSA) is 70.6 Å². The van der Waals surface area contributed by atoms with E-state index in [2.05, 4.69) is 49.4 Å². The number of nitrogens with one attached hydrogen (secondary N) is 1. The maximum Gasteiger partial charge on any atom is 0.228 e. The SMILES string of the molecule is COc1ccnc(N2CCC(N3CCc4ccccc4C3CC(=O)NC3CC3)CC2)n1. The summed E-state index contributed by atoms with van der Waals surface area (Å²) in [5.41, 5.74) is 2.73. The van der Waals surface area contributed by atoms with E-state index in [4.69, 9.17) is 4.74 Å². The molecule has 1 aromatic carbocycles. The van der Waals surface area contributed by atoms with Gasteiger partial charge in [0.1, 0.15) is 0 Å². The fraction of sp³-hybridized carbons (Fsp3) is 0.542. The minimum Gasteiger partial charge on any atom is -0.481 e. The summed E-state index contributed by atoms with van der Waals surface area (Å²) in [6.07, 6.45) is 7.70. The van der Waals surface area contributed by atoms with Crippen LogP contribution in [0.25, 0.3) is 0 Å². The van der Waals surface area contributed by atoms with E-state index in [1.807, 2.05) is 0 Å². The van der Waals surface area contributed by atoms with Crippen LogP contribution >= 0.6 is 0 Å². The highest BCUT2D eigenvalue weighted by Crippen LogP contribution is 2.36. The largest absolute Gasteiger partial charge is 0.481 e. The lowest BCUT2D eigenvalue weighted by Crippen LogP contribution is -2.49. The maximum absolute atomic E-state index is 12.7. The van der Waals surface area contributed by atoms with Crippen LogP contribution in [0.3, 0.4) is 0 Å². The zero-order valence-electron chi connectivity index (χ0n) is 18.2. The Bertz CT molecular complexity index is 924. The number of carbonyl (C=O) groups is 1. The van der Waals surface area contributed by atoms with Crippen LogP contribution in [-0.4, -0.2) is 59.6 Å². The van der Waals surface area contributed by atoms with Gasteiger partial charge in [-0.15, -0.1) is 0 Å². The Morgan fingerprint density at radius 1 is 1.13 bits per heavy atom. The Labute approximate surface area is 183 Å². The molecule has 1 aliphatic carbocycles. The molecule has 1 amide bonds. The number of nitrogens with zero attached hydrogens (tertiary/aromatic N) is 4. The van der Waals surface area contributed by atoms with Gasteiger partial charge in [0.05, 0.1) is 7.11 Å². The lowest BCUT2D eigenvalue weighted by Gasteiger charge is -2.45. The molecule has 2 aromatic rings. The molecule has 3 heterocycles. The molecule has 1 N–H and O–H groups in total. The van der Waals surface area contributed by atoms with Gasteiger partial charge in [0, 0.05) is 56.4 Å². The van der Waals surface area contributed by atoms with Crippen molar-refractivity contribution in [2.24, 2.45) is 0 Å². The molecule has 1 atom stereocenters. The van der Waals surface area contributed by atoms with E-state index in [0.717, 1.165) is 57.7 Å². The van der Waals surface area contributed by atoms with Crippen LogP contribution in [0, 0.1) is 0 Å². The van der Waals surface area contributed by atoms with E-state index < -0.39 is 0 Å². The molecule has 0 radical (unpaired) electrons. The molecule has 1 saturated carbocycles. The minimum absolute atomic E-state index is 0.160. The summed E-state index contributed by atoms with van der Waals surface area (Å²) in [5, 5.41) is 3.19. The van der Waals surface area contributed by atoms with Crippen molar-refractivity contribution >= 4 is 11.9 Å². The number of hydrogen-bond acceptors (Lipinski definition) is 6. The molecule has 1 saturated heterocycles. The molecular formula is C24H31N5O2. The summed E-state index contributed by atoms with van der Waals surface area (Å²) < 4.78 is 5.25. The van der Waals surface area contributed by atoms with Crippen LogP contribution in [-0.2, 0) is 11.2 Å². The van der Waals surface area contributed by atoms with Crippen LogP contribution in [0.2, 0.25) is 0 Å². The quantitative estimate of drug-likeness (QED) is 0.773. The van der Waals surface area contributed by atoms with Gasteiger partial charge in [0.25, 0.3) is 0 Å². The number of amides is 1. The van der Waals surface area contributed by atoms with Crippen LogP contribution in [0.4, 0.5) is 5.95 Å². The van der Waals surface area contributed by atoms with Crippen molar-refractivity contribution in [1.82, 2.24) is 20.2 Å². The fourth-order valence-corrected chi connectivity index (χ4v) is 5.02. The third kappa shape index (κ3) is 4.51. The number of rotatable bonds is 6. The normalized spacial score (nSPS) is 22.1. The van der Waals surface area contributed by atoms with Crippen molar-refractivity contribution in [3.8, 4) is 5.88 Å². The number of ether oxygens (including phenoxy) is 1. The van der Waals surface area contributed by atoms with Crippen LogP contribution in [0.1, 0.15) is 49.3 Å². The molecule has 5 rings (SSSR count). The van der Waals surface area contributed by atoms with Gasteiger partial charge in [-0.25, -0.2) is 4.98 Å². The highest BCUT2D eigenvalue weighted by Gasteiger charge is 2.36. The predicted octanol–water partition coefficient (Wildman–Crippen LogP) is 2.72. The molecule has 1 aromatic heterocycles. The summed E-state index contributed by atoms with van der Waals surface area (Å²) in [6, 6.07) is 11.5. The first-order chi connectivity index (χ1) is 15.2. The second-order valence-corrected chi connectivity index (χ2v) is 8.87. The number of piperidine rings is 1. The second-order valence-electron chi connectivity index (χ2n) is 8.87. The summed E-state index contributed by atoms with van der Waals surface area (Å²) in [7, 11) is 1.63. The summed E-state index contributed by atoms with van der Waals surface area (Å²) in [5.74, 6) is 1.53. The summed E-state index contributed by atoms with van der Waals surface area (Å²) in [4.78, 5) is 26.5. The van der Waals surface area contributed by atoms with Crippen molar-refractivity contribution in [3.63, 3.8) is 0 Å². The lowest BCUT2D eigenvalue weighted by atomic mass is 9.87. The van der Waals surface area contributed by atoms with E-state index >= 15 is 0 Å². The third-order valence-electron chi connectivity index (χ3n) is 6.82. The molecule has 0 bridgehead atoms. The van der Waals surface area contributed by atoms with E-state index in [9.17, 15) is 4.79 Å². The lowest BCUT2D eigenvalue weighted by molar-refractivity contribution is -0.123. The Kier molecular flexibility index (Phi) is 5.76. The van der Waals surface area contributed by atoms with Crippen molar-refractivity contribution in [2.45, 2.75) is 56.7 Å². The first-order valence-corrected chi connectivity index (χ1v) is 11.5. The van der Waals surface area contributed by atoms with E-state index in [1.165, 1.54) is 11.1 Å². The van der Waals surface area contributed by atoms with Crippen molar-refractivity contribution in [2.75, 3.05) is 31.6 Å². The number of carbonyl (C=O) groups excluding carboxylic acids is 1. The molecule has 31 heavy (non-hydrogen) atoms. The fourth-order valence-electron chi connectivity index (χ4n) is 5.02. The molecule has 7 nitrogen and oxygen atoms in total. The molecule has 2 aliphatic heterocycles. The van der Waals surface area contributed by atoms with E-state index in [1.54, 1.807) is 19.4 Å². The molecule has 3 aliphatic rings. The van der Waals surface area contributed by atoms with Crippen LogP contribution < -0.4 is 15.0 Å². The standard InChI is InChI=1S/C24H31N5O2/c1-31-23-8-12-25-24(27-23)28-13-10-19(11-14-28)29-15-9-17-4-2-3-5-20(17)21(29)16-22(30)26-18-6-7-18/h2-5,8,12,18-19,21H,6-7,9-11,13-16H2,1H3,(H,26,30). The average Bonchev–Trinajstić information content (AvgIpc) is 3.63. The van der Waals surface area contributed by atoms with Gasteiger partial charge in [0.15, 0.2) is 0 Å². The number of anilines is 1. The number of fused-ring (bicyclic) bond motifs is 1. The summed E-state index contributed by atoms with van der Waals surface area (Å²) in [6.45, 7) is 2.84. The van der Waals surface area contributed by atoms with Crippen molar-refractivity contribution < 1.29 is 9.53 Å². The molecule has 0 spiro atoms. The maximum atomic E-state index is 12.7. The van der Waals surface area contributed by atoms with Gasteiger partial charge in [-0.05, 0) is 43.2 Å². The third-order valence-corrected chi connectivity index (χ3v) is 6.82. The van der Waals surface area contributed by atoms with Crippen LogP contribution in [0.5, 0.6) is 5.88 Å². The first-order valence-electron chi connectivity index (χ1n) is 11.5. The first kappa shape index (κ1) is 20.2. The van der Waals surface area contributed by atoms with Crippen LogP contribution in [0.15, 0.2) is 36.5 Å². The molecule has 1 unspecified atom stereocenters.